The molecule has 1 aliphatic heterocycles. The zero-order chi connectivity index (χ0) is 17.8. The molecule has 0 spiro atoms. The number of H-pyrrole nitrogens is 1. The number of nitrogens with zero attached hydrogens (tertiary/aromatic N) is 3. The monoisotopic (exact) mass is 366 g/mol. The Kier molecular flexibility index (Phi) is 5.13. The summed E-state index contributed by atoms with van der Waals surface area (Å²) in [6.45, 7) is 4.56. The molecule has 134 valence electrons. The molecule has 6 heteroatoms. The Hall–Kier alpha value is -2.44. The van der Waals surface area contributed by atoms with E-state index in [1.807, 2.05) is 35.2 Å². The molecule has 1 amide bonds. The number of carbonyl (C=O) groups excluding carboxylic acids is 1. The minimum absolute atomic E-state index is 0.124. The molecule has 0 bridgehead atoms. The van der Waals surface area contributed by atoms with Crippen molar-refractivity contribution >= 4 is 17.2 Å². The normalized spacial score (nSPS) is 15.8. The van der Waals surface area contributed by atoms with E-state index in [-0.39, 0.29) is 5.91 Å². The smallest absolute Gasteiger partial charge is 0.253 e. The number of amides is 1. The minimum atomic E-state index is 0.124. The van der Waals surface area contributed by atoms with Crippen LogP contribution in [0, 0.1) is 0 Å². The molecule has 1 aromatic carbocycles. The summed E-state index contributed by atoms with van der Waals surface area (Å²) in [7, 11) is 0. The molecule has 1 fully saturated rings. The molecule has 5 nitrogen and oxygen atoms in total. The van der Waals surface area contributed by atoms with Crippen molar-refractivity contribution in [3.8, 4) is 11.3 Å². The van der Waals surface area contributed by atoms with Gasteiger partial charge in [0.25, 0.3) is 5.91 Å². The van der Waals surface area contributed by atoms with E-state index >= 15 is 0 Å². The van der Waals surface area contributed by atoms with Crippen molar-refractivity contribution in [3.63, 3.8) is 0 Å². The lowest BCUT2D eigenvalue weighted by molar-refractivity contribution is 0.0761. The summed E-state index contributed by atoms with van der Waals surface area (Å²) in [6, 6.07) is 14.0. The van der Waals surface area contributed by atoms with E-state index in [4.69, 9.17) is 0 Å². The summed E-state index contributed by atoms with van der Waals surface area (Å²) in [4.78, 5) is 18.7. The Morgan fingerprint density at radius 2 is 1.96 bits per heavy atom. The summed E-state index contributed by atoms with van der Waals surface area (Å²) in [6.07, 6.45) is 2.75. The highest BCUT2D eigenvalue weighted by Crippen LogP contribution is 2.19. The molecule has 1 saturated heterocycles. The number of nitrogens with one attached hydrogen (secondary N) is 1. The van der Waals surface area contributed by atoms with Gasteiger partial charge in [-0.3, -0.25) is 14.8 Å². The third kappa shape index (κ3) is 3.86. The highest BCUT2D eigenvalue weighted by atomic mass is 32.1. The molecule has 0 atom stereocenters. The van der Waals surface area contributed by atoms with Gasteiger partial charge in [-0.1, -0.05) is 18.2 Å². The molecule has 0 radical (unpaired) electrons. The van der Waals surface area contributed by atoms with Crippen molar-refractivity contribution in [2.45, 2.75) is 13.0 Å². The lowest BCUT2D eigenvalue weighted by Gasteiger charge is -2.22. The van der Waals surface area contributed by atoms with Gasteiger partial charge in [0.15, 0.2) is 0 Å². The number of rotatable bonds is 4. The van der Waals surface area contributed by atoms with Gasteiger partial charge in [0.05, 0.1) is 5.69 Å². The summed E-state index contributed by atoms with van der Waals surface area (Å²) in [5.41, 5.74) is 2.75. The third-order valence-electron chi connectivity index (χ3n) is 4.78. The van der Waals surface area contributed by atoms with Crippen LogP contribution in [0.25, 0.3) is 11.3 Å². The molecule has 3 aromatic rings. The van der Waals surface area contributed by atoms with Gasteiger partial charge in [-0.15, -0.1) is 11.3 Å². The van der Waals surface area contributed by atoms with Crippen molar-refractivity contribution in [2.24, 2.45) is 0 Å². The lowest BCUT2D eigenvalue weighted by Crippen LogP contribution is -2.35. The van der Waals surface area contributed by atoms with E-state index in [0.717, 1.165) is 56.0 Å². The third-order valence-corrected chi connectivity index (χ3v) is 5.64. The number of aromatic nitrogens is 2. The molecule has 1 N–H and O–H groups in total. The van der Waals surface area contributed by atoms with Crippen LogP contribution in [-0.2, 0) is 6.54 Å². The molecule has 1 aliphatic rings. The molecular formula is C20H22N4OS. The maximum absolute atomic E-state index is 12.9. The van der Waals surface area contributed by atoms with Crippen LogP contribution in [-0.4, -0.2) is 52.1 Å². The van der Waals surface area contributed by atoms with Gasteiger partial charge in [-0.2, -0.15) is 5.10 Å². The Balaban J connectivity index is 1.38. The zero-order valence-corrected chi connectivity index (χ0v) is 15.4. The van der Waals surface area contributed by atoms with E-state index in [9.17, 15) is 4.79 Å². The first kappa shape index (κ1) is 17.0. The Bertz CT molecular complexity index is 827. The van der Waals surface area contributed by atoms with Crippen LogP contribution < -0.4 is 0 Å². The summed E-state index contributed by atoms with van der Waals surface area (Å²) < 4.78 is 0. The van der Waals surface area contributed by atoms with E-state index in [1.54, 1.807) is 17.5 Å². The second-order valence-corrected chi connectivity index (χ2v) is 7.58. The highest BCUT2D eigenvalue weighted by Gasteiger charge is 2.20. The number of hydrogen-bond donors (Lipinski definition) is 1. The van der Waals surface area contributed by atoms with Gasteiger partial charge in [0.2, 0.25) is 0 Å². The van der Waals surface area contributed by atoms with Gasteiger partial charge in [-0.05, 0) is 41.6 Å². The van der Waals surface area contributed by atoms with E-state index < -0.39 is 0 Å². The van der Waals surface area contributed by atoms with Gasteiger partial charge in [-0.25, -0.2) is 0 Å². The maximum Gasteiger partial charge on any atom is 0.253 e. The molecule has 0 saturated carbocycles. The van der Waals surface area contributed by atoms with Crippen molar-refractivity contribution in [2.75, 3.05) is 26.2 Å². The molecule has 3 heterocycles. The fourth-order valence-electron chi connectivity index (χ4n) is 3.35. The summed E-state index contributed by atoms with van der Waals surface area (Å²) >= 11 is 1.80. The van der Waals surface area contributed by atoms with Crippen LogP contribution in [0.1, 0.15) is 21.7 Å². The zero-order valence-electron chi connectivity index (χ0n) is 14.6. The van der Waals surface area contributed by atoms with Crippen LogP contribution in [0.4, 0.5) is 0 Å². The summed E-state index contributed by atoms with van der Waals surface area (Å²) in [5, 5.41) is 9.04. The Morgan fingerprint density at radius 1 is 1.08 bits per heavy atom. The van der Waals surface area contributed by atoms with Crippen LogP contribution in [0.15, 0.2) is 54.0 Å². The van der Waals surface area contributed by atoms with Crippen molar-refractivity contribution in [3.05, 3.63) is 64.5 Å². The van der Waals surface area contributed by atoms with Crippen LogP contribution >= 0.6 is 11.3 Å². The fourth-order valence-corrected chi connectivity index (χ4v) is 4.09. The molecule has 0 unspecified atom stereocenters. The molecule has 26 heavy (non-hydrogen) atoms. The van der Waals surface area contributed by atoms with Crippen molar-refractivity contribution < 1.29 is 4.79 Å². The van der Waals surface area contributed by atoms with Crippen LogP contribution in [0.3, 0.4) is 0 Å². The van der Waals surface area contributed by atoms with Crippen molar-refractivity contribution in [1.82, 2.24) is 20.0 Å². The predicted octanol–water partition coefficient (Wildman–Crippen LogP) is 3.49. The van der Waals surface area contributed by atoms with Gasteiger partial charge >= 0.3 is 0 Å². The maximum atomic E-state index is 12.9. The lowest BCUT2D eigenvalue weighted by atomic mass is 10.1. The minimum Gasteiger partial charge on any atom is -0.337 e. The molecular weight excluding hydrogens is 344 g/mol. The van der Waals surface area contributed by atoms with Crippen molar-refractivity contribution in [1.29, 1.82) is 0 Å². The first-order valence-corrected chi connectivity index (χ1v) is 9.81. The highest BCUT2D eigenvalue weighted by molar-refractivity contribution is 7.09. The topological polar surface area (TPSA) is 52.2 Å². The van der Waals surface area contributed by atoms with Crippen LogP contribution in [0.5, 0.6) is 0 Å². The SMILES string of the molecule is O=C(c1ccc(-c2ccn[nH]2)cc1)N1CCCN(Cc2cccs2)CC1. The van der Waals surface area contributed by atoms with E-state index in [1.165, 1.54) is 4.88 Å². The average Bonchev–Trinajstić information content (AvgIpc) is 3.33. The summed E-state index contributed by atoms with van der Waals surface area (Å²) in [5.74, 6) is 0.124. The number of hydrogen-bond acceptors (Lipinski definition) is 4. The number of thiophene rings is 1. The fraction of sp³-hybridized carbons (Fsp3) is 0.300. The standard InChI is InChI=1S/C20H22N4OS/c25-20(17-6-4-16(5-7-17)19-8-9-21-22-19)24-11-2-10-23(12-13-24)15-18-3-1-14-26-18/h1,3-9,14H,2,10-13,15H2,(H,21,22). The number of carbonyl (C=O) groups is 1. The first-order valence-electron chi connectivity index (χ1n) is 8.93. The average molecular weight is 366 g/mol. The second-order valence-electron chi connectivity index (χ2n) is 6.55. The molecule has 4 rings (SSSR count). The van der Waals surface area contributed by atoms with Gasteiger partial charge in [0, 0.05) is 49.4 Å². The van der Waals surface area contributed by atoms with E-state index in [0.29, 0.717) is 0 Å². The predicted molar refractivity (Wildman–Crippen MR) is 104 cm³/mol. The molecule has 2 aromatic heterocycles. The van der Waals surface area contributed by atoms with E-state index in [2.05, 4.69) is 32.6 Å². The Morgan fingerprint density at radius 3 is 2.69 bits per heavy atom. The first-order chi connectivity index (χ1) is 12.8. The van der Waals surface area contributed by atoms with Crippen LogP contribution in [0.2, 0.25) is 0 Å². The quantitative estimate of drug-likeness (QED) is 0.769. The largest absolute Gasteiger partial charge is 0.337 e. The molecule has 0 aliphatic carbocycles. The second kappa shape index (κ2) is 7.85. The van der Waals surface area contributed by atoms with Gasteiger partial charge in [0.1, 0.15) is 0 Å². The number of aromatic amines is 1. The van der Waals surface area contributed by atoms with Gasteiger partial charge < -0.3 is 4.90 Å². The Labute approximate surface area is 157 Å². The number of benzene rings is 1.